The second kappa shape index (κ2) is 10.4. The Balaban J connectivity index is 1.67. The maximum Gasteiger partial charge on any atom is 0.260 e. The highest BCUT2D eigenvalue weighted by Crippen LogP contribution is 2.33. The molecule has 8 nitrogen and oxygen atoms in total. The highest BCUT2D eigenvalue weighted by Gasteiger charge is 2.24. The van der Waals surface area contributed by atoms with Crippen molar-refractivity contribution in [2.45, 2.75) is 24.8 Å². The molecule has 0 unspecified atom stereocenters. The van der Waals surface area contributed by atoms with E-state index in [0.717, 1.165) is 17.8 Å². The fraction of sp³-hybridized carbons (Fsp3) is 0.417. The van der Waals surface area contributed by atoms with Crippen molar-refractivity contribution < 1.29 is 22.7 Å². The normalized spacial score (nSPS) is 15.1. The van der Waals surface area contributed by atoms with Gasteiger partial charge < -0.3 is 9.47 Å². The molecular weight excluding hydrogens is 474 g/mol. The highest BCUT2D eigenvalue weighted by atomic mass is 32.2. The molecule has 1 aromatic heterocycles. The Morgan fingerprint density at radius 1 is 1.18 bits per heavy atom. The van der Waals surface area contributed by atoms with Crippen LogP contribution in [0.1, 0.15) is 24.2 Å². The van der Waals surface area contributed by atoms with Crippen LogP contribution in [0, 0.1) is 0 Å². The second-order valence-corrected chi connectivity index (χ2v) is 11.5. The zero-order valence-electron chi connectivity index (χ0n) is 19.6. The van der Waals surface area contributed by atoms with E-state index in [1.165, 1.54) is 17.6 Å². The molecule has 1 aliphatic rings. The van der Waals surface area contributed by atoms with Gasteiger partial charge in [0.15, 0.2) is 15.0 Å². The molecule has 0 N–H and O–H groups in total. The van der Waals surface area contributed by atoms with Crippen LogP contribution in [0.15, 0.2) is 47.4 Å². The predicted octanol–water partition coefficient (Wildman–Crippen LogP) is 3.47. The first-order valence-corrected chi connectivity index (χ1v) is 13.9. The fourth-order valence-electron chi connectivity index (χ4n) is 3.78. The van der Waals surface area contributed by atoms with Crippen LogP contribution in [0.5, 0.6) is 5.75 Å². The van der Waals surface area contributed by atoms with Crippen LogP contribution < -0.4 is 9.64 Å². The number of amides is 1. The summed E-state index contributed by atoms with van der Waals surface area (Å²) in [6, 6.07) is 12.1. The van der Waals surface area contributed by atoms with E-state index in [1.807, 2.05) is 19.9 Å². The van der Waals surface area contributed by atoms with Gasteiger partial charge >= 0.3 is 0 Å². The minimum atomic E-state index is -3.45. The minimum Gasteiger partial charge on any atom is -0.491 e. The molecule has 1 aliphatic heterocycles. The van der Waals surface area contributed by atoms with E-state index in [2.05, 4.69) is 9.88 Å². The zero-order chi connectivity index (χ0) is 24.3. The van der Waals surface area contributed by atoms with Crippen LogP contribution >= 0.6 is 11.3 Å². The number of sulfone groups is 1. The molecule has 0 spiro atoms. The lowest BCUT2D eigenvalue weighted by molar-refractivity contribution is 0.0391. The summed E-state index contributed by atoms with van der Waals surface area (Å²) in [6.45, 7) is 7.95. The van der Waals surface area contributed by atoms with Crippen LogP contribution in [0.25, 0.3) is 10.2 Å². The van der Waals surface area contributed by atoms with Crippen molar-refractivity contribution in [3.8, 4) is 5.75 Å². The van der Waals surface area contributed by atoms with Gasteiger partial charge in [-0.05, 0) is 50.2 Å². The predicted molar refractivity (Wildman–Crippen MR) is 134 cm³/mol. The van der Waals surface area contributed by atoms with Gasteiger partial charge in [0.25, 0.3) is 5.91 Å². The molecule has 0 bridgehead atoms. The summed E-state index contributed by atoms with van der Waals surface area (Å²) in [5.74, 6) is 0.508. The van der Waals surface area contributed by atoms with E-state index < -0.39 is 9.84 Å². The third-order valence-electron chi connectivity index (χ3n) is 5.46. The largest absolute Gasteiger partial charge is 0.491 e. The molecular formula is C24H29N3O5S2. The van der Waals surface area contributed by atoms with Gasteiger partial charge in [-0.2, -0.15) is 0 Å². The maximum absolute atomic E-state index is 13.6. The van der Waals surface area contributed by atoms with Crippen molar-refractivity contribution in [2.24, 2.45) is 0 Å². The summed E-state index contributed by atoms with van der Waals surface area (Å²) in [4.78, 5) is 22.3. The first-order chi connectivity index (χ1) is 16.2. The number of anilines is 1. The van der Waals surface area contributed by atoms with Crippen LogP contribution in [0.4, 0.5) is 5.13 Å². The summed E-state index contributed by atoms with van der Waals surface area (Å²) in [5.41, 5.74) is 0.913. The summed E-state index contributed by atoms with van der Waals surface area (Å²) in [5, 5.41) is 0.479. The average Bonchev–Trinajstić information content (AvgIpc) is 3.23. The van der Waals surface area contributed by atoms with E-state index in [1.54, 1.807) is 41.3 Å². The molecule has 1 saturated heterocycles. The average molecular weight is 504 g/mol. The topological polar surface area (TPSA) is 89.0 Å². The maximum atomic E-state index is 13.6. The third-order valence-corrected chi connectivity index (χ3v) is 7.63. The Morgan fingerprint density at radius 3 is 2.53 bits per heavy atom. The van der Waals surface area contributed by atoms with Gasteiger partial charge in [0.2, 0.25) is 0 Å². The monoisotopic (exact) mass is 503 g/mol. The molecule has 34 heavy (non-hydrogen) atoms. The standard InChI is InChI=1S/C24H29N3O5S2/c1-17(2)32-19-9-7-18(8-10-19)23(28)27(12-11-26-13-15-31-16-14-26)24-25-22-20(33-24)5-4-6-21(22)34(3,29)30/h4-10,17H,11-16H2,1-3H3. The zero-order valence-corrected chi connectivity index (χ0v) is 21.2. The van der Waals surface area contributed by atoms with E-state index in [-0.39, 0.29) is 16.9 Å². The summed E-state index contributed by atoms with van der Waals surface area (Å²) < 4.78 is 36.4. The Morgan fingerprint density at radius 2 is 1.88 bits per heavy atom. The molecule has 1 fully saturated rings. The minimum absolute atomic E-state index is 0.0401. The molecule has 3 aromatic rings. The Bertz CT molecular complexity index is 1250. The van der Waals surface area contributed by atoms with Gasteiger partial charge in [-0.1, -0.05) is 17.4 Å². The number of fused-ring (bicyclic) bond motifs is 1. The number of para-hydroxylation sites is 1. The molecule has 0 radical (unpaired) electrons. The Labute approximate surface area is 204 Å². The van der Waals surface area contributed by atoms with Gasteiger partial charge in [-0.3, -0.25) is 14.6 Å². The van der Waals surface area contributed by atoms with Gasteiger partial charge in [0, 0.05) is 38.0 Å². The SMILES string of the molecule is CC(C)Oc1ccc(C(=O)N(CCN2CCOCC2)c2nc3c(S(C)(=O)=O)cccc3s2)cc1. The number of hydrogen-bond donors (Lipinski definition) is 0. The van der Waals surface area contributed by atoms with Crippen LogP contribution in [-0.2, 0) is 14.6 Å². The molecule has 2 heterocycles. The van der Waals surface area contributed by atoms with Gasteiger partial charge in [-0.25, -0.2) is 13.4 Å². The van der Waals surface area contributed by atoms with Crippen LogP contribution in [-0.4, -0.2) is 76.0 Å². The van der Waals surface area contributed by atoms with Crippen molar-refractivity contribution in [3.05, 3.63) is 48.0 Å². The van der Waals surface area contributed by atoms with E-state index in [0.29, 0.717) is 48.3 Å². The first kappa shape index (κ1) is 24.6. The molecule has 0 aliphatic carbocycles. The van der Waals surface area contributed by atoms with Gasteiger partial charge in [0.1, 0.15) is 11.3 Å². The van der Waals surface area contributed by atoms with Crippen molar-refractivity contribution in [1.82, 2.24) is 9.88 Å². The van der Waals surface area contributed by atoms with Crippen molar-refractivity contribution in [3.63, 3.8) is 0 Å². The molecule has 182 valence electrons. The Hall–Kier alpha value is -2.53. The molecule has 2 aromatic carbocycles. The van der Waals surface area contributed by atoms with Crippen LogP contribution in [0.3, 0.4) is 0 Å². The summed E-state index contributed by atoms with van der Waals surface area (Å²) >= 11 is 1.32. The third kappa shape index (κ3) is 5.75. The number of thiazole rings is 1. The number of nitrogens with zero attached hydrogens (tertiary/aromatic N) is 3. The van der Waals surface area contributed by atoms with Crippen molar-refractivity contribution in [1.29, 1.82) is 0 Å². The smallest absolute Gasteiger partial charge is 0.260 e. The summed E-state index contributed by atoms with van der Waals surface area (Å²) in [6.07, 6.45) is 1.21. The number of aromatic nitrogens is 1. The second-order valence-electron chi connectivity index (χ2n) is 8.47. The lowest BCUT2D eigenvalue weighted by Gasteiger charge is -2.29. The number of hydrogen-bond acceptors (Lipinski definition) is 8. The molecule has 1 amide bonds. The number of benzene rings is 2. The van der Waals surface area contributed by atoms with E-state index >= 15 is 0 Å². The van der Waals surface area contributed by atoms with Gasteiger partial charge in [-0.15, -0.1) is 0 Å². The molecule has 4 rings (SSSR count). The number of ether oxygens (including phenoxy) is 2. The van der Waals surface area contributed by atoms with Crippen molar-refractivity contribution >= 4 is 42.4 Å². The lowest BCUT2D eigenvalue weighted by atomic mass is 10.2. The molecule has 0 atom stereocenters. The highest BCUT2D eigenvalue weighted by molar-refractivity contribution is 7.91. The number of morpholine rings is 1. The number of carbonyl (C=O) groups excluding carboxylic acids is 1. The lowest BCUT2D eigenvalue weighted by Crippen LogP contribution is -2.43. The molecule has 0 saturated carbocycles. The summed E-state index contributed by atoms with van der Waals surface area (Å²) in [7, 11) is -3.45. The van der Waals surface area contributed by atoms with Crippen LogP contribution in [0.2, 0.25) is 0 Å². The van der Waals surface area contributed by atoms with E-state index in [9.17, 15) is 13.2 Å². The number of carbonyl (C=O) groups is 1. The van der Waals surface area contributed by atoms with Crippen molar-refractivity contribution in [2.75, 3.05) is 50.5 Å². The fourth-order valence-corrected chi connectivity index (χ4v) is 5.69. The quantitative estimate of drug-likeness (QED) is 0.465. The van der Waals surface area contributed by atoms with E-state index in [4.69, 9.17) is 9.47 Å². The first-order valence-electron chi connectivity index (χ1n) is 11.2. The number of rotatable bonds is 8. The Kier molecular flexibility index (Phi) is 7.51. The van der Waals surface area contributed by atoms with Gasteiger partial charge in [0.05, 0.1) is 28.9 Å². The molecule has 10 heteroatoms.